The van der Waals surface area contributed by atoms with Crippen molar-refractivity contribution in [1.29, 1.82) is 0 Å². The Morgan fingerprint density at radius 3 is 2.58 bits per heavy atom. The highest BCUT2D eigenvalue weighted by Crippen LogP contribution is 2.30. The van der Waals surface area contributed by atoms with Gasteiger partial charge in [-0.25, -0.2) is 8.78 Å². The third kappa shape index (κ3) is 4.15. The zero-order valence-electron chi connectivity index (χ0n) is 11.0. The Hall–Kier alpha value is -0.670. The Morgan fingerprint density at radius 2 is 1.89 bits per heavy atom. The molecule has 0 spiro atoms. The smallest absolute Gasteiger partial charge is 0.130 e. The van der Waals surface area contributed by atoms with Crippen molar-refractivity contribution in [3.63, 3.8) is 0 Å². The number of hydrogen-bond acceptors (Lipinski definition) is 1. The largest absolute Gasteiger partial charge is 0.312 e. The minimum absolute atomic E-state index is 0.442. The summed E-state index contributed by atoms with van der Waals surface area (Å²) in [7, 11) is 0. The van der Waals surface area contributed by atoms with E-state index in [9.17, 15) is 8.78 Å². The van der Waals surface area contributed by atoms with Crippen LogP contribution in [0, 0.1) is 23.5 Å². The first-order valence-electron chi connectivity index (χ1n) is 6.91. The van der Waals surface area contributed by atoms with Crippen LogP contribution in [-0.4, -0.2) is 12.4 Å². The molecule has 1 aliphatic rings. The Bertz CT molecular complexity index is 411. The van der Waals surface area contributed by atoms with Crippen LogP contribution in [0.4, 0.5) is 8.78 Å². The molecular formula is C15H20ClF2N. The van der Waals surface area contributed by atoms with Crippen LogP contribution >= 0.6 is 11.6 Å². The number of hydrogen-bond donors (Lipinski definition) is 1. The average Bonchev–Trinajstić information content (AvgIpc) is 2.42. The lowest BCUT2D eigenvalue weighted by Gasteiger charge is -2.30. The molecule has 0 amide bonds. The van der Waals surface area contributed by atoms with Crippen molar-refractivity contribution < 1.29 is 8.78 Å². The van der Waals surface area contributed by atoms with Gasteiger partial charge in [-0.05, 0) is 37.3 Å². The molecule has 1 saturated carbocycles. The van der Waals surface area contributed by atoms with Crippen molar-refractivity contribution in [2.45, 2.75) is 32.2 Å². The predicted molar refractivity (Wildman–Crippen MR) is 74.2 cm³/mol. The van der Waals surface area contributed by atoms with Gasteiger partial charge in [0.2, 0.25) is 0 Å². The number of halogens is 3. The van der Waals surface area contributed by atoms with E-state index in [-0.39, 0.29) is 0 Å². The SMILES string of the molecule is Fc1ccc(CNCC2CCCCC2CCl)c(F)c1. The van der Waals surface area contributed by atoms with Gasteiger partial charge in [-0.3, -0.25) is 0 Å². The minimum atomic E-state index is -0.532. The summed E-state index contributed by atoms with van der Waals surface area (Å²) in [5.41, 5.74) is 0.514. The summed E-state index contributed by atoms with van der Waals surface area (Å²) in [6, 6.07) is 3.72. The van der Waals surface area contributed by atoms with Gasteiger partial charge in [-0.15, -0.1) is 11.6 Å². The van der Waals surface area contributed by atoms with Gasteiger partial charge in [0, 0.05) is 24.1 Å². The zero-order valence-corrected chi connectivity index (χ0v) is 11.7. The van der Waals surface area contributed by atoms with Gasteiger partial charge < -0.3 is 5.32 Å². The van der Waals surface area contributed by atoms with Crippen LogP contribution in [0.15, 0.2) is 18.2 Å². The van der Waals surface area contributed by atoms with Gasteiger partial charge in [0.15, 0.2) is 0 Å². The monoisotopic (exact) mass is 287 g/mol. The second-order valence-electron chi connectivity index (χ2n) is 5.33. The summed E-state index contributed by atoms with van der Waals surface area (Å²) in [6.07, 6.45) is 4.90. The van der Waals surface area contributed by atoms with Crippen LogP contribution in [0.1, 0.15) is 31.2 Å². The lowest BCUT2D eigenvalue weighted by atomic mass is 9.80. The number of nitrogens with one attached hydrogen (secondary N) is 1. The number of alkyl halides is 1. The fraction of sp³-hybridized carbons (Fsp3) is 0.600. The summed E-state index contributed by atoms with van der Waals surface area (Å²) >= 11 is 5.98. The molecule has 2 atom stereocenters. The molecule has 0 bridgehead atoms. The molecule has 1 N–H and O–H groups in total. The Balaban J connectivity index is 1.82. The van der Waals surface area contributed by atoms with Crippen LogP contribution in [0.3, 0.4) is 0 Å². The van der Waals surface area contributed by atoms with Gasteiger partial charge >= 0.3 is 0 Å². The van der Waals surface area contributed by atoms with Crippen LogP contribution in [0.25, 0.3) is 0 Å². The molecule has 4 heteroatoms. The van der Waals surface area contributed by atoms with E-state index in [0.29, 0.717) is 29.8 Å². The Morgan fingerprint density at radius 1 is 1.16 bits per heavy atom. The van der Waals surface area contributed by atoms with Crippen LogP contribution in [0.5, 0.6) is 0 Å². The molecule has 0 saturated heterocycles. The number of rotatable bonds is 5. The molecule has 19 heavy (non-hydrogen) atoms. The Labute approximate surface area is 118 Å². The van der Waals surface area contributed by atoms with Crippen molar-refractivity contribution in [3.05, 3.63) is 35.4 Å². The fourth-order valence-electron chi connectivity index (χ4n) is 2.81. The molecule has 1 aromatic carbocycles. The fourth-order valence-corrected chi connectivity index (χ4v) is 3.22. The van der Waals surface area contributed by atoms with Crippen molar-refractivity contribution in [2.24, 2.45) is 11.8 Å². The second kappa shape index (κ2) is 7.20. The first-order valence-corrected chi connectivity index (χ1v) is 7.44. The summed E-state index contributed by atoms with van der Waals surface area (Å²) in [5, 5.41) is 3.27. The maximum absolute atomic E-state index is 13.5. The van der Waals surface area contributed by atoms with Gasteiger partial charge in [-0.2, -0.15) is 0 Å². The highest BCUT2D eigenvalue weighted by molar-refractivity contribution is 6.18. The summed E-state index contributed by atoms with van der Waals surface area (Å²) in [5.74, 6) is 0.841. The average molecular weight is 288 g/mol. The van der Waals surface area contributed by atoms with E-state index in [1.807, 2.05) is 0 Å². The molecule has 0 radical (unpaired) electrons. The summed E-state index contributed by atoms with van der Waals surface area (Å²) in [4.78, 5) is 0. The molecule has 1 aliphatic carbocycles. The molecule has 106 valence electrons. The first-order chi connectivity index (χ1) is 9.20. The molecule has 0 aliphatic heterocycles. The topological polar surface area (TPSA) is 12.0 Å². The normalized spacial score (nSPS) is 23.5. The van der Waals surface area contributed by atoms with Gasteiger partial charge in [0.1, 0.15) is 11.6 Å². The predicted octanol–water partition coefficient (Wildman–Crippen LogP) is 4.10. The molecular weight excluding hydrogens is 268 g/mol. The molecule has 2 rings (SSSR count). The third-order valence-corrected chi connectivity index (χ3v) is 4.40. The molecule has 1 fully saturated rings. The van der Waals surface area contributed by atoms with Crippen LogP contribution in [0.2, 0.25) is 0 Å². The van der Waals surface area contributed by atoms with Crippen molar-refractivity contribution in [1.82, 2.24) is 5.32 Å². The third-order valence-electron chi connectivity index (χ3n) is 4.00. The number of benzene rings is 1. The maximum atomic E-state index is 13.5. The van der Waals surface area contributed by atoms with E-state index in [4.69, 9.17) is 11.6 Å². The molecule has 0 heterocycles. The van der Waals surface area contributed by atoms with E-state index in [0.717, 1.165) is 12.6 Å². The van der Waals surface area contributed by atoms with E-state index >= 15 is 0 Å². The van der Waals surface area contributed by atoms with Crippen LogP contribution in [-0.2, 0) is 6.54 Å². The van der Waals surface area contributed by atoms with Crippen molar-refractivity contribution in [2.75, 3.05) is 12.4 Å². The maximum Gasteiger partial charge on any atom is 0.130 e. The first kappa shape index (κ1) is 14.7. The zero-order chi connectivity index (χ0) is 13.7. The lowest BCUT2D eigenvalue weighted by Crippen LogP contribution is -2.31. The van der Waals surface area contributed by atoms with Gasteiger partial charge in [-0.1, -0.05) is 18.9 Å². The molecule has 0 aromatic heterocycles. The summed E-state index contributed by atoms with van der Waals surface area (Å²) in [6.45, 7) is 1.30. The van der Waals surface area contributed by atoms with E-state index in [1.54, 1.807) is 0 Å². The minimum Gasteiger partial charge on any atom is -0.312 e. The van der Waals surface area contributed by atoms with Crippen molar-refractivity contribution in [3.8, 4) is 0 Å². The summed E-state index contributed by atoms with van der Waals surface area (Å²) < 4.78 is 26.2. The van der Waals surface area contributed by atoms with Crippen LogP contribution < -0.4 is 5.32 Å². The molecule has 1 nitrogen and oxygen atoms in total. The lowest BCUT2D eigenvalue weighted by molar-refractivity contribution is 0.250. The van der Waals surface area contributed by atoms with Crippen molar-refractivity contribution >= 4 is 11.6 Å². The Kier molecular flexibility index (Phi) is 5.59. The second-order valence-corrected chi connectivity index (χ2v) is 5.63. The van der Waals surface area contributed by atoms with E-state index < -0.39 is 11.6 Å². The van der Waals surface area contributed by atoms with Gasteiger partial charge in [0.25, 0.3) is 0 Å². The molecule has 1 aromatic rings. The quantitative estimate of drug-likeness (QED) is 0.804. The molecule has 2 unspecified atom stereocenters. The standard InChI is InChI=1S/C15H20ClF2N/c16-8-11-3-1-2-4-12(11)9-19-10-13-5-6-14(17)7-15(13)18/h5-7,11-12,19H,1-4,8-10H2. The van der Waals surface area contributed by atoms with Gasteiger partial charge in [0.05, 0.1) is 0 Å². The van der Waals surface area contributed by atoms with E-state index in [1.165, 1.54) is 37.8 Å². The highest BCUT2D eigenvalue weighted by atomic mass is 35.5. The highest BCUT2D eigenvalue weighted by Gasteiger charge is 2.23. The van der Waals surface area contributed by atoms with E-state index in [2.05, 4.69) is 5.32 Å².